The van der Waals surface area contributed by atoms with E-state index in [1.165, 1.54) is 12.8 Å². The molecule has 1 aliphatic carbocycles. The van der Waals surface area contributed by atoms with E-state index in [0.717, 1.165) is 38.4 Å². The van der Waals surface area contributed by atoms with Gasteiger partial charge in [-0.3, -0.25) is 15.1 Å². The fourth-order valence-corrected chi connectivity index (χ4v) is 3.53. The number of imide groups is 1. The van der Waals surface area contributed by atoms with E-state index in [9.17, 15) is 9.59 Å². The fourth-order valence-electron chi connectivity index (χ4n) is 3.53. The molecule has 3 fully saturated rings. The van der Waals surface area contributed by atoms with Crippen LogP contribution in [0.5, 0.6) is 0 Å². The number of halogens is 1. The molecule has 0 spiro atoms. The van der Waals surface area contributed by atoms with Gasteiger partial charge in [-0.25, -0.2) is 4.79 Å². The lowest BCUT2D eigenvalue weighted by molar-refractivity contribution is -0.125. The maximum atomic E-state index is 12.1. The molecule has 0 radical (unpaired) electrons. The first-order valence-corrected chi connectivity index (χ1v) is 8.45. The summed E-state index contributed by atoms with van der Waals surface area (Å²) in [5.41, 5.74) is -0.338. The zero-order valence-electron chi connectivity index (χ0n) is 14.6. The van der Waals surface area contributed by atoms with Gasteiger partial charge in [0.25, 0.3) is 5.91 Å². The number of likely N-dealkylation sites (tertiary alicyclic amines) is 1. The van der Waals surface area contributed by atoms with E-state index in [1.807, 2.05) is 14.0 Å². The zero-order valence-corrected chi connectivity index (χ0v) is 17.0. The lowest BCUT2D eigenvalue weighted by Crippen LogP contribution is -2.55. The summed E-state index contributed by atoms with van der Waals surface area (Å²) in [4.78, 5) is 30.1. The number of aliphatic imine (C=N–C) groups is 1. The quantitative estimate of drug-likeness (QED) is 0.263. The minimum absolute atomic E-state index is 0. The molecule has 7 nitrogen and oxygen atoms in total. The molecule has 24 heavy (non-hydrogen) atoms. The number of carbonyl (C=O) groups excluding carboxylic acids is 2. The number of piperidine rings is 1. The molecule has 3 N–H and O–H groups in total. The van der Waals surface area contributed by atoms with Crippen LogP contribution in [0, 0.1) is 11.3 Å². The van der Waals surface area contributed by atoms with Gasteiger partial charge in [-0.15, -0.1) is 24.0 Å². The number of amides is 3. The van der Waals surface area contributed by atoms with Gasteiger partial charge in [0.05, 0.1) is 0 Å². The Hall–Kier alpha value is -1.06. The van der Waals surface area contributed by atoms with Crippen LogP contribution in [0.2, 0.25) is 0 Å². The third-order valence-corrected chi connectivity index (χ3v) is 5.67. The van der Waals surface area contributed by atoms with E-state index in [4.69, 9.17) is 0 Å². The topological polar surface area (TPSA) is 85.8 Å². The number of guanidine groups is 1. The number of carbonyl (C=O) groups is 2. The molecular weight excluding hydrogens is 421 g/mol. The SMILES string of the molecule is CN=C(NCC1(C)CC1)N1CCC(C2(C)NC(=O)NC2=O)CC1.I. The minimum atomic E-state index is -0.776. The molecule has 136 valence electrons. The monoisotopic (exact) mass is 449 g/mol. The first-order valence-electron chi connectivity index (χ1n) is 8.45. The van der Waals surface area contributed by atoms with E-state index in [-0.39, 0.29) is 41.8 Å². The lowest BCUT2D eigenvalue weighted by Gasteiger charge is -2.39. The van der Waals surface area contributed by atoms with Crippen molar-refractivity contribution in [2.75, 3.05) is 26.7 Å². The molecule has 2 aliphatic heterocycles. The van der Waals surface area contributed by atoms with E-state index in [1.54, 1.807) is 0 Å². The Morgan fingerprint density at radius 1 is 1.29 bits per heavy atom. The van der Waals surface area contributed by atoms with Crippen LogP contribution >= 0.6 is 24.0 Å². The Labute approximate surface area is 160 Å². The Morgan fingerprint density at radius 2 is 1.92 bits per heavy atom. The van der Waals surface area contributed by atoms with Gasteiger partial charge >= 0.3 is 6.03 Å². The van der Waals surface area contributed by atoms with Gasteiger partial charge < -0.3 is 15.5 Å². The zero-order chi connectivity index (χ0) is 16.7. The van der Waals surface area contributed by atoms with Crippen molar-refractivity contribution in [1.82, 2.24) is 20.9 Å². The van der Waals surface area contributed by atoms with E-state index < -0.39 is 5.54 Å². The highest BCUT2D eigenvalue weighted by Crippen LogP contribution is 2.44. The van der Waals surface area contributed by atoms with Crippen molar-refractivity contribution >= 4 is 41.9 Å². The Morgan fingerprint density at radius 3 is 2.38 bits per heavy atom. The standard InChI is InChI=1S/C16H27N5O2.HI/c1-15(6-7-15)10-18-13(17-3)21-8-4-11(5-9-21)16(2)12(22)19-14(23)20-16;/h11H,4-10H2,1-3H3,(H,17,18)(H2,19,20,22,23);1H. The number of nitrogens with zero attached hydrogens (tertiary/aromatic N) is 2. The summed E-state index contributed by atoms with van der Waals surface area (Å²) >= 11 is 0. The molecule has 2 heterocycles. The van der Waals surface area contributed by atoms with E-state index in [0.29, 0.717) is 5.41 Å². The molecule has 8 heteroatoms. The van der Waals surface area contributed by atoms with Crippen LogP contribution in [0.15, 0.2) is 4.99 Å². The normalized spacial score (nSPS) is 29.6. The molecule has 0 aromatic heterocycles. The van der Waals surface area contributed by atoms with Crippen molar-refractivity contribution in [3.8, 4) is 0 Å². The lowest BCUT2D eigenvalue weighted by atomic mass is 9.79. The summed E-state index contributed by atoms with van der Waals surface area (Å²) in [5.74, 6) is 0.899. The second kappa shape index (κ2) is 7.05. The van der Waals surface area contributed by atoms with E-state index in [2.05, 4.69) is 32.8 Å². The molecule has 3 aliphatic rings. The number of rotatable bonds is 3. The van der Waals surface area contributed by atoms with Crippen LogP contribution in [-0.4, -0.2) is 55.0 Å². The molecule has 0 bridgehead atoms. The summed E-state index contributed by atoms with van der Waals surface area (Å²) < 4.78 is 0. The van der Waals surface area contributed by atoms with Gasteiger partial charge in [0.1, 0.15) is 5.54 Å². The van der Waals surface area contributed by atoms with Crippen molar-refractivity contribution in [3.05, 3.63) is 0 Å². The average Bonchev–Trinajstić information content (AvgIpc) is 3.19. The first-order chi connectivity index (χ1) is 10.9. The predicted octanol–water partition coefficient (Wildman–Crippen LogP) is 1.29. The third-order valence-electron chi connectivity index (χ3n) is 5.67. The van der Waals surface area contributed by atoms with Crippen LogP contribution in [0.3, 0.4) is 0 Å². The maximum absolute atomic E-state index is 12.1. The van der Waals surface area contributed by atoms with Gasteiger partial charge in [-0.05, 0) is 43.9 Å². The van der Waals surface area contributed by atoms with Crippen molar-refractivity contribution in [2.24, 2.45) is 16.3 Å². The number of nitrogens with one attached hydrogen (secondary N) is 3. The third kappa shape index (κ3) is 3.78. The highest BCUT2D eigenvalue weighted by Gasteiger charge is 2.48. The summed E-state index contributed by atoms with van der Waals surface area (Å²) in [5, 5.41) is 8.63. The number of hydrogen-bond acceptors (Lipinski definition) is 3. The van der Waals surface area contributed by atoms with Crippen LogP contribution in [0.4, 0.5) is 4.79 Å². The van der Waals surface area contributed by atoms with Crippen molar-refractivity contribution < 1.29 is 9.59 Å². The fraction of sp³-hybridized carbons (Fsp3) is 0.812. The molecule has 0 aromatic rings. The predicted molar refractivity (Wildman–Crippen MR) is 103 cm³/mol. The molecule has 1 unspecified atom stereocenters. The Kier molecular flexibility index (Phi) is 5.66. The van der Waals surface area contributed by atoms with Gasteiger partial charge in [0.2, 0.25) is 0 Å². The van der Waals surface area contributed by atoms with Gasteiger partial charge in [-0.2, -0.15) is 0 Å². The molecule has 2 saturated heterocycles. The van der Waals surface area contributed by atoms with Crippen molar-refractivity contribution in [3.63, 3.8) is 0 Å². The van der Waals surface area contributed by atoms with Crippen LogP contribution < -0.4 is 16.0 Å². The number of urea groups is 1. The van der Waals surface area contributed by atoms with Crippen molar-refractivity contribution in [1.29, 1.82) is 0 Å². The second-order valence-corrected chi connectivity index (χ2v) is 7.58. The van der Waals surface area contributed by atoms with Gasteiger partial charge in [-0.1, -0.05) is 6.92 Å². The van der Waals surface area contributed by atoms with Crippen LogP contribution in [-0.2, 0) is 4.79 Å². The summed E-state index contributed by atoms with van der Waals surface area (Å²) in [7, 11) is 1.82. The maximum Gasteiger partial charge on any atom is 0.322 e. The molecule has 1 atom stereocenters. The molecule has 3 rings (SSSR count). The molecule has 3 amide bonds. The first kappa shape index (κ1) is 19.3. The second-order valence-electron chi connectivity index (χ2n) is 7.58. The highest BCUT2D eigenvalue weighted by molar-refractivity contribution is 14.0. The summed E-state index contributed by atoms with van der Waals surface area (Å²) in [6, 6.07) is -0.380. The smallest absolute Gasteiger partial charge is 0.322 e. The van der Waals surface area contributed by atoms with Crippen LogP contribution in [0.1, 0.15) is 39.5 Å². The molecule has 0 aromatic carbocycles. The summed E-state index contributed by atoms with van der Waals surface area (Å²) in [6.07, 6.45) is 4.29. The van der Waals surface area contributed by atoms with Crippen molar-refractivity contribution in [2.45, 2.75) is 45.1 Å². The van der Waals surface area contributed by atoms with Crippen LogP contribution in [0.25, 0.3) is 0 Å². The highest BCUT2D eigenvalue weighted by atomic mass is 127. The van der Waals surface area contributed by atoms with E-state index >= 15 is 0 Å². The largest absolute Gasteiger partial charge is 0.356 e. The average molecular weight is 449 g/mol. The number of hydrogen-bond donors (Lipinski definition) is 3. The van der Waals surface area contributed by atoms with Gasteiger partial charge in [0.15, 0.2) is 5.96 Å². The molecular formula is C16H28IN5O2. The minimum Gasteiger partial charge on any atom is -0.356 e. The Balaban J connectivity index is 0.00000208. The van der Waals surface area contributed by atoms with Gasteiger partial charge in [0, 0.05) is 26.7 Å². The summed E-state index contributed by atoms with van der Waals surface area (Å²) in [6.45, 7) is 6.78. The Bertz CT molecular complexity index is 541. The molecule has 1 saturated carbocycles.